The van der Waals surface area contributed by atoms with Gasteiger partial charge in [0.1, 0.15) is 12.3 Å². The van der Waals surface area contributed by atoms with E-state index in [1.807, 2.05) is 30.0 Å². The Morgan fingerprint density at radius 3 is 2.50 bits per heavy atom. The van der Waals surface area contributed by atoms with Crippen molar-refractivity contribution in [2.24, 2.45) is 5.73 Å². The van der Waals surface area contributed by atoms with Gasteiger partial charge in [-0.3, -0.25) is 14.5 Å². The van der Waals surface area contributed by atoms with Gasteiger partial charge in [-0.2, -0.15) is 0 Å². The Labute approximate surface area is 155 Å². The topological polar surface area (TPSA) is 75.9 Å². The quantitative estimate of drug-likeness (QED) is 0.900. The summed E-state index contributed by atoms with van der Waals surface area (Å²) in [6, 6.07) is 5.45. The minimum absolute atomic E-state index is 0.00454. The predicted molar refractivity (Wildman–Crippen MR) is 101 cm³/mol. The van der Waals surface area contributed by atoms with Crippen molar-refractivity contribution in [2.75, 3.05) is 24.5 Å². The van der Waals surface area contributed by atoms with Gasteiger partial charge in [-0.15, -0.1) is 0 Å². The van der Waals surface area contributed by atoms with Gasteiger partial charge in [0.05, 0.1) is 5.69 Å². The largest absolute Gasteiger partial charge is 0.476 e. The molecule has 6 nitrogen and oxygen atoms in total. The normalized spacial score (nSPS) is 20.8. The van der Waals surface area contributed by atoms with Crippen molar-refractivity contribution in [1.82, 2.24) is 4.90 Å². The van der Waals surface area contributed by atoms with Crippen LogP contribution in [0.2, 0.25) is 0 Å². The summed E-state index contributed by atoms with van der Waals surface area (Å²) in [6.45, 7) is 6.95. The Morgan fingerprint density at radius 2 is 1.88 bits per heavy atom. The predicted octanol–water partition coefficient (Wildman–Crippen LogP) is 2.61. The summed E-state index contributed by atoms with van der Waals surface area (Å²) in [5.74, 6) is 0.410. The second-order valence-corrected chi connectivity index (χ2v) is 7.81. The van der Waals surface area contributed by atoms with E-state index >= 15 is 0 Å². The molecule has 0 bridgehead atoms. The summed E-state index contributed by atoms with van der Waals surface area (Å²) in [4.78, 5) is 29.3. The van der Waals surface area contributed by atoms with Gasteiger partial charge in [0.15, 0.2) is 5.60 Å². The molecule has 1 atom stereocenters. The summed E-state index contributed by atoms with van der Waals surface area (Å²) >= 11 is 0. The van der Waals surface area contributed by atoms with Crippen LogP contribution in [-0.4, -0.2) is 41.9 Å². The molecule has 1 aromatic carbocycles. The molecular formula is C20H29N3O3. The van der Waals surface area contributed by atoms with Gasteiger partial charge < -0.3 is 15.4 Å². The van der Waals surface area contributed by atoms with Crippen molar-refractivity contribution in [3.63, 3.8) is 0 Å². The van der Waals surface area contributed by atoms with Crippen LogP contribution in [0.3, 0.4) is 0 Å². The average molecular weight is 359 g/mol. The van der Waals surface area contributed by atoms with Gasteiger partial charge in [0, 0.05) is 19.1 Å². The molecule has 0 spiro atoms. The summed E-state index contributed by atoms with van der Waals surface area (Å²) in [6.07, 6.45) is 4.38. The highest BCUT2D eigenvalue weighted by atomic mass is 16.5. The minimum Gasteiger partial charge on any atom is -0.476 e. The number of hydrogen-bond acceptors (Lipinski definition) is 4. The maximum Gasteiger partial charge on any atom is 0.271 e. The van der Waals surface area contributed by atoms with Crippen LogP contribution in [0, 0.1) is 0 Å². The summed E-state index contributed by atoms with van der Waals surface area (Å²) in [5.41, 5.74) is 6.54. The Bertz CT molecular complexity index is 692. The third kappa shape index (κ3) is 3.70. The number of ether oxygens (including phenoxy) is 1. The highest BCUT2D eigenvalue weighted by Gasteiger charge is 2.42. The number of hydrogen-bond donors (Lipinski definition) is 1. The van der Waals surface area contributed by atoms with Crippen LogP contribution in [0.4, 0.5) is 5.69 Å². The number of nitrogens with zero attached hydrogens (tertiary/aromatic N) is 2. The first-order valence-corrected chi connectivity index (χ1v) is 9.48. The molecule has 2 heterocycles. The molecule has 1 unspecified atom stereocenters. The maximum absolute atomic E-state index is 13.0. The summed E-state index contributed by atoms with van der Waals surface area (Å²) in [5, 5.41) is 0. The van der Waals surface area contributed by atoms with Crippen LogP contribution in [0.1, 0.15) is 58.1 Å². The first kappa shape index (κ1) is 18.7. The zero-order valence-electron chi connectivity index (χ0n) is 16.0. The van der Waals surface area contributed by atoms with E-state index in [-0.39, 0.29) is 24.4 Å². The van der Waals surface area contributed by atoms with E-state index in [1.165, 1.54) is 0 Å². The Hall–Kier alpha value is -2.08. The van der Waals surface area contributed by atoms with E-state index in [4.69, 9.17) is 10.5 Å². The Kier molecular flexibility index (Phi) is 5.23. The fourth-order valence-electron chi connectivity index (χ4n) is 3.58. The smallest absolute Gasteiger partial charge is 0.271 e. The van der Waals surface area contributed by atoms with Crippen LogP contribution in [0.15, 0.2) is 18.2 Å². The molecule has 3 rings (SSSR count). The number of carbonyl (C=O) groups is 2. The minimum atomic E-state index is -0.998. The molecule has 0 radical (unpaired) electrons. The molecule has 2 aliphatic rings. The third-order valence-electron chi connectivity index (χ3n) is 5.18. The molecule has 1 saturated heterocycles. The van der Waals surface area contributed by atoms with Crippen molar-refractivity contribution in [1.29, 1.82) is 0 Å². The molecule has 2 aliphatic heterocycles. The summed E-state index contributed by atoms with van der Waals surface area (Å²) in [7, 11) is 0. The fraction of sp³-hybridized carbons (Fsp3) is 0.600. The van der Waals surface area contributed by atoms with Crippen LogP contribution in [0.5, 0.6) is 5.75 Å². The molecule has 2 amide bonds. The standard InChI is InChI=1S/C20H29N3O3/c1-14(21)15-8-9-17-16(12-15)23(19(25)20(2,3)26-17)13-18(24)22-10-6-4-5-7-11-22/h8-9,12,14H,4-7,10-11,13,21H2,1-3H3. The monoisotopic (exact) mass is 359 g/mol. The number of anilines is 1. The van der Waals surface area contributed by atoms with Crippen molar-refractivity contribution in [2.45, 2.75) is 58.1 Å². The molecule has 6 heteroatoms. The highest BCUT2D eigenvalue weighted by molar-refractivity contribution is 6.05. The highest BCUT2D eigenvalue weighted by Crippen LogP contribution is 2.39. The molecule has 26 heavy (non-hydrogen) atoms. The van der Waals surface area contributed by atoms with E-state index in [1.54, 1.807) is 18.7 Å². The van der Waals surface area contributed by atoms with E-state index in [2.05, 4.69) is 0 Å². The van der Waals surface area contributed by atoms with Crippen molar-refractivity contribution < 1.29 is 14.3 Å². The molecule has 1 aromatic rings. The van der Waals surface area contributed by atoms with E-state index in [0.29, 0.717) is 11.4 Å². The zero-order chi connectivity index (χ0) is 18.9. The molecule has 0 saturated carbocycles. The second kappa shape index (κ2) is 7.27. The maximum atomic E-state index is 13.0. The van der Waals surface area contributed by atoms with Gasteiger partial charge >= 0.3 is 0 Å². The number of amides is 2. The number of nitrogens with two attached hydrogens (primary N) is 1. The van der Waals surface area contributed by atoms with E-state index < -0.39 is 5.60 Å². The lowest BCUT2D eigenvalue weighted by molar-refractivity contribution is -0.136. The zero-order valence-corrected chi connectivity index (χ0v) is 16.0. The van der Waals surface area contributed by atoms with Crippen LogP contribution >= 0.6 is 0 Å². The van der Waals surface area contributed by atoms with Crippen LogP contribution < -0.4 is 15.4 Å². The van der Waals surface area contributed by atoms with Gasteiger partial charge in [0.2, 0.25) is 5.91 Å². The molecular weight excluding hydrogens is 330 g/mol. The third-order valence-corrected chi connectivity index (χ3v) is 5.18. The van der Waals surface area contributed by atoms with Gasteiger partial charge in [-0.25, -0.2) is 0 Å². The van der Waals surface area contributed by atoms with Crippen molar-refractivity contribution >= 4 is 17.5 Å². The lowest BCUT2D eigenvalue weighted by atomic mass is 10.0. The van der Waals surface area contributed by atoms with E-state index in [9.17, 15) is 9.59 Å². The summed E-state index contributed by atoms with van der Waals surface area (Å²) < 4.78 is 5.89. The number of carbonyl (C=O) groups excluding carboxylic acids is 2. The number of fused-ring (bicyclic) bond motifs is 1. The SMILES string of the molecule is CC(N)c1ccc2c(c1)N(CC(=O)N1CCCCCC1)C(=O)C(C)(C)O2. The van der Waals surface area contributed by atoms with Gasteiger partial charge in [-0.05, 0) is 51.3 Å². The molecule has 142 valence electrons. The van der Waals surface area contributed by atoms with Crippen molar-refractivity contribution in [3.05, 3.63) is 23.8 Å². The molecule has 2 N–H and O–H groups in total. The molecule has 0 aromatic heterocycles. The fourth-order valence-corrected chi connectivity index (χ4v) is 3.58. The second-order valence-electron chi connectivity index (χ2n) is 7.81. The Balaban J connectivity index is 1.90. The number of rotatable bonds is 3. The average Bonchev–Trinajstić information content (AvgIpc) is 2.87. The number of benzene rings is 1. The lowest BCUT2D eigenvalue weighted by Crippen LogP contribution is -2.55. The molecule has 0 aliphatic carbocycles. The van der Waals surface area contributed by atoms with Crippen LogP contribution in [-0.2, 0) is 9.59 Å². The number of likely N-dealkylation sites (tertiary alicyclic amines) is 1. The first-order chi connectivity index (χ1) is 12.3. The van der Waals surface area contributed by atoms with Crippen LogP contribution in [0.25, 0.3) is 0 Å². The first-order valence-electron chi connectivity index (χ1n) is 9.48. The van der Waals surface area contributed by atoms with Gasteiger partial charge in [-0.1, -0.05) is 18.9 Å². The lowest BCUT2D eigenvalue weighted by Gasteiger charge is -2.39. The van der Waals surface area contributed by atoms with Crippen molar-refractivity contribution in [3.8, 4) is 5.75 Å². The van der Waals surface area contributed by atoms with Gasteiger partial charge in [0.25, 0.3) is 5.91 Å². The molecule has 1 fully saturated rings. The van der Waals surface area contributed by atoms with E-state index in [0.717, 1.165) is 44.3 Å². The Morgan fingerprint density at radius 1 is 1.23 bits per heavy atom.